The number of rotatable bonds is 8. The molecule has 0 aliphatic carbocycles. The first-order valence-electron chi connectivity index (χ1n) is 13.1. The molecule has 1 amide bonds. The van der Waals surface area contributed by atoms with Gasteiger partial charge >= 0.3 is 0 Å². The largest absolute Gasteiger partial charge is 0.457 e. The van der Waals surface area contributed by atoms with Crippen LogP contribution in [-0.4, -0.2) is 81.4 Å². The van der Waals surface area contributed by atoms with E-state index in [0.717, 1.165) is 43.2 Å². The average molecular weight is 526 g/mol. The normalized spacial score (nSPS) is 17.8. The van der Waals surface area contributed by atoms with Crippen molar-refractivity contribution in [2.75, 3.05) is 45.6 Å². The van der Waals surface area contributed by atoms with Crippen molar-refractivity contribution in [1.82, 2.24) is 29.5 Å². The van der Waals surface area contributed by atoms with Crippen LogP contribution in [0, 0.1) is 0 Å². The molecule has 10 nitrogen and oxygen atoms in total. The van der Waals surface area contributed by atoms with Gasteiger partial charge in [0.2, 0.25) is 5.91 Å². The highest BCUT2D eigenvalue weighted by Gasteiger charge is 2.30. The van der Waals surface area contributed by atoms with Crippen LogP contribution in [0.1, 0.15) is 12.5 Å². The van der Waals surface area contributed by atoms with E-state index in [-0.39, 0.29) is 11.9 Å². The number of benzene rings is 2. The van der Waals surface area contributed by atoms with E-state index in [2.05, 4.69) is 14.9 Å². The number of nitrogens with two attached hydrogens (primary N) is 1. The van der Waals surface area contributed by atoms with Gasteiger partial charge in [0.1, 0.15) is 29.3 Å². The van der Waals surface area contributed by atoms with Crippen LogP contribution in [0.5, 0.6) is 11.5 Å². The standard InChI is InChI=1S/C29H31N7O3/c1-34(22-17-38-18-22)14-5-8-25(37)35-15-13-21(16-35)36-29-26(28(30)31-19-32-29)27(33-36)20-9-11-24(12-10-20)39-23-6-3-2-4-7-23/h2-12,19,21-22H,13-18H2,1H3,(H2,30,31,32)/t21-/m1/s1. The molecule has 2 aromatic heterocycles. The molecule has 10 heteroatoms. The molecular weight excluding hydrogens is 494 g/mol. The Morgan fingerprint density at radius 2 is 1.90 bits per heavy atom. The maximum Gasteiger partial charge on any atom is 0.246 e. The predicted molar refractivity (Wildman–Crippen MR) is 148 cm³/mol. The van der Waals surface area contributed by atoms with E-state index in [4.69, 9.17) is 20.3 Å². The van der Waals surface area contributed by atoms with Crippen LogP contribution in [0.25, 0.3) is 22.3 Å². The Balaban J connectivity index is 1.19. The second kappa shape index (κ2) is 10.8. The number of likely N-dealkylation sites (tertiary alicyclic amines) is 1. The predicted octanol–water partition coefficient (Wildman–Crippen LogP) is 3.53. The zero-order chi connectivity index (χ0) is 26.8. The number of amides is 1. The number of para-hydroxylation sites is 1. The molecule has 2 aliphatic rings. The minimum absolute atomic E-state index is 0.00980. The second-order valence-electron chi connectivity index (χ2n) is 9.95. The molecular formula is C29H31N7O3. The van der Waals surface area contributed by atoms with Gasteiger partial charge in [-0.1, -0.05) is 24.3 Å². The summed E-state index contributed by atoms with van der Waals surface area (Å²) in [6.45, 7) is 3.44. The molecule has 0 saturated carbocycles. The summed E-state index contributed by atoms with van der Waals surface area (Å²) in [5.74, 6) is 1.88. The molecule has 4 aromatic rings. The number of anilines is 1. The van der Waals surface area contributed by atoms with E-state index in [1.54, 1.807) is 6.08 Å². The average Bonchev–Trinajstić information content (AvgIpc) is 3.55. The summed E-state index contributed by atoms with van der Waals surface area (Å²) < 4.78 is 13.1. The van der Waals surface area contributed by atoms with Gasteiger partial charge in [0.25, 0.3) is 0 Å². The summed E-state index contributed by atoms with van der Waals surface area (Å²) >= 11 is 0. The number of nitrogen functional groups attached to an aromatic ring is 1. The lowest BCUT2D eigenvalue weighted by molar-refractivity contribution is -0.125. The smallest absolute Gasteiger partial charge is 0.246 e. The van der Waals surface area contributed by atoms with Crippen molar-refractivity contribution >= 4 is 22.8 Å². The Kier molecular flexibility index (Phi) is 6.95. The zero-order valence-corrected chi connectivity index (χ0v) is 21.8. The number of hydrogen-bond donors (Lipinski definition) is 1. The molecule has 2 N–H and O–H groups in total. The molecule has 0 unspecified atom stereocenters. The van der Waals surface area contributed by atoms with Crippen LogP contribution >= 0.6 is 0 Å². The van der Waals surface area contributed by atoms with Gasteiger partial charge in [-0.3, -0.25) is 9.69 Å². The molecule has 2 aliphatic heterocycles. The first kappa shape index (κ1) is 25.0. The third-order valence-electron chi connectivity index (χ3n) is 7.34. The number of hydrogen-bond acceptors (Lipinski definition) is 8. The van der Waals surface area contributed by atoms with Crippen molar-refractivity contribution in [3.8, 4) is 22.8 Å². The van der Waals surface area contributed by atoms with Gasteiger partial charge in [-0.05, 0) is 49.9 Å². The molecule has 1 atom stereocenters. The van der Waals surface area contributed by atoms with E-state index in [1.807, 2.05) is 77.3 Å². The number of likely N-dealkylation sites (N-methyl/N-ethyl adjacent to an activating group) is 1. The Morgan fingerprint density at radius 1 is 1.13 bits per heavy atom. The molecule has 2 aromatic carbocycles. The van der Waals surface area contributed by atoms with Crippen LogP contribution < -0.4 is 10.5 Å². The van der Waals surface area contributed by atoms with Crippen molar-refractivity contribution in [3.05, 3.63) is 73.1 Å². The maximum absolute atomic E-state index is 12.9. The highest BCUT2D eigenvalue weighted by Crippen LogP contribution is 2.35. The first-order chi connectivity index (χ1) is 19.1. The number of carbonyl (C=O) groups is 1. The molecule has 4 heterocycles. The van der Waals surface area contributed by atoms with Crippen molar-refractivity contribution < 1.29 is 14.3 Å². The number of nitrogens with zero attached hydrogens (tertiary/aromatic N) is 6. The second-order valence-corrected chi connectivity index (χ2v) is 9.95. The van der Waals surface area contributed by atoms with Crippen molar-refractivity contribution in [3.63, 3.8) is 0 Å². The van der Waals surface area contributed by atoms with Gasteiger partial charge in [-0.25, -0.2) is 14.6 Å². The van der Waals surface area contributed by atoms with Gasteiger partial charge in [0, 0.05) is 31.3 Å². The van der Waals surface area contributed by atoms with Crippen LogP contribution in [0.15, 0.2) is 73.1 Å². The maximum atomic E-state index is 12.9. The van der Waals surface area contributed by atoms with Crippen LogP contribution in [0.2, 0.25) is 0 Å². The van der Waals surface area contributed by atoms with E-state index < -0.39 is 0 Å². The fourth-order valence-electron chi connectivity index (χ4n) is 4.95. The highest BCUT2D eigenvalue weighted by molar-refractivity contribution is 5.98. The van der Waals surface area contributed by atoms with E-state index in [9.17, 15) is 4.79 Å². The minimum Gasteiger partial charge on any atom is -0.457 e. The van der Waals surface area contributed by atoms with Gasteiger partial charge in [0.05, 0.1) is 30.7 Å². The SMILES string of the molecule is CN(CC=CC(=O)N1CC[C@@H](n2nc(-c3ccc(Oc4ccccc4)cc3)c3c(N)ncnc32)C1)C1COC1. The number of fused-ring (bicyclic) bond motifs is 1. The van der Waals surface area contributed by atoms with Gasteiger partial charge < -0.3 is 20.1 Å². The molecule has 0 spiro atoms. The van der Waals surface area contributed by atoms with Gasteiger partial charge in [-0.2, -0.15) is 5.10 Å². The monoisotopic (exact) mass is 525 g/mol. The Morgan fingerprint density at radius 3 is 2.64 bits per heavy atom. The number of carbonyl (C=O) groups excluding carboxylic acids is 1. The van der Waals surface area contributed by atoms with Crippen molar-refractivity contribution in [2.24, 2.45) is 0 Å². The molecule has 6 rings (SSSR count). The Labute approximate surface area is 226 Å². The molecule has 0 bridgehead atoms. The summed E-state index contributed by atoms with van der Waals surface area (Å²) in [7, 11) is 2.05. The van der Waals surface area contributed by atoms with E-state index in [0.29, 0.717) is 41.7 Å². The summed E-state index contributed by atoms with van der Waals surface area (Å²) in [6, 6.07) is 17.8. The quantitative estimate of drug-likeness (QED) is 0.348. The Bertz CT molecular complexity index is 1480. The highest BCUT2D eigenvalue weighted by atomic mass is 16.5. The fraction of sp³-hybridized carbons (Fsp3) is 0.310. The summed E-state index contributed by atoms with van der Waals surface area (Å²) in [4.78, 5) is 25.7. The van der Waals surface area contributed by atoms with Crippen molar-refractivity contribution in [2.45, 2.75) is 18.5 Å². The Hall–Kier alpha value is -4.28. The van der Waals surface area contributed by atoms with Crippen LogP contribution in [-0.2, 0) is 9.53 Å². The lowest BCUT2D eigenvalue weighted by atomic mass is 10.1. The third kappa shape index (κ3) is 5.21. The molecule has 0 radical (unpaired) electrons. The molecule has 2 fully saturated rings. The summed E-state index contributed by atoms with van der Waals surface area (Å²) in [5.41, 5.74) is 8.58. The summed E-state index contributed by atoms with van der Waals surface area (Å²) in [6.07, 6.45) is 5.84. The van der Waals surface area contributed by atoms with Crippen LogP contribution in [0.4, 0.5) is 5.82 Å². The molecule has 39 heavy (non-hydrogen) atoms. The van der Waals surface area contributed by atoms with E-state index in [1.165, 1.54) is 6.33 Å². The zero-order valence-electron chi connectivity index (χ0n) is 21.8. The first-order valence-corrected chi connectivity index (χ1v) is 13.1. The minimum atomic E-state index is -0.0108. The number of ether oxygens (including phenoxy) is 2. The van der Waals surface area contributed by atoms with Crippen molar-refractivity contribution in [1.29, 1.82) is 0 Å². The lowest BCUT2D eigenvalue weighted by Crippen LogP contribution is -2.47. The topological polar surface area (TPSA) is 112 Å². The van der Waals surface area contributed by atoms with Gasteiger partial charge in [-0.15, -0.1) is 0 Å². The van der Waals surface area contributed by atoms with E-state index >= 15 is 0 Å². The third-order valence-corrected chi connectivity index (χ3v) is 7.34. The lowest BCUT2D eigenvalue weighted by Gasteiger charge is -2.33. The van der Waals surface area contributed by atoms with Crippen LogP contribution in [0.3, 0.4) is 0 Å². The summed E-state index contributed by atoms with van der Waals surface area (Å²) in [5, 5.41) is 5.66. The van der Waals surface area contributed by atoms with Gasteiger partial charge in [0.15, 0.2) is 5.65 Å². The number of aromatic nitrogens is 4. The fourth-order valence-corrected chi connectivity index (χ4v) is 4.95. The molecule has 200 valence electrons. The molecule has 2 saturated heterocycles.